The van der Waals surface area contributed by atoms with E-state index >= 15 is 0 Å². The normalized spacial score (nSPS) is 16.7. The molecule has 5 rings (SSSR count). The summed E-state index contributed by atoms with van der Waals surface area (Å²) in [5.74, 6) is -2.89. The highest BCUT2D eigenvalue weighted by Crippen LogP contribution is 2.38. The summed E-state index contributed by atoms with van der Waals surface area (Å²) in [6.07, 6.45) is 1.79. The highest BCUT2D eigenvalue weighted by Gasteiger charge is 2.39. The number of halogens is 2. The van der Waals surface area contributed by atoms with Crippen molar-refractivity contribution in [3.63, 3.8) is 0 Å². The molecule has 2 aliphatic rings. The number of hydrogen-bond donors (Lipinski definition) is 4. The minimum atomic E-state index is -1.09. The van der Waals surface area contributed by atoms with Crippen LogP contribution in [0.25, 0.3) is 0 Å². The van der Waals surface area contributed by atoms with E-state index in [1.54, 1.807) is 6.07 Å². The van der Waals surface area contributed by atoms with Crippen molar-refractivity contribution in [1.82, 2.24) is 4.90 Å². The molecule has 5 N–H and O–H groups in total. The number of aromatic carboxylic acids is 1. The first kappa shape index (κ1) is 29.9. The molecule has 224 valence electrons. The van der Waals surface area contributed by atoms with Gasteiger partial charge in [-0.25, -0.2) is 9.18 Å². The summed E-state index contributed by atoms with van der Waals surface area (Å²) in [6, 6.07) is 14.7. The summed E-state index contributed by atoms with van der Waals surface area (Å²) in [6.45, 7) is 4.23. The predicted octanol–water partition coefficient (Wildman–Crippen LogP) is 4.38. The van der Waals surface area contributed by atoms with E-state index in [-0.39, 0.29) is 34.6 Å². The van der Waals surface area contributed by atoms with Crippen LogP contribution in [-0.2, 0) is 20.7 Å². The van der Waals surface area contributed by atoms with Crippen LogP contribution in [0.3, 0.4) is 0 Å². The molecule has 1 fully saturated rings. The van der Waals surface area contributed by atoms with Gasteiger partial charge in [-0.1, -0.05) is 29.8 Å². The second kappa shape index (κ2) is 12.7. The molecule has 43 heavy (non-hydrogen) atoms. The van der Waals surface area contributed by atoms with Crippen LogP contribution in [0.1, 0.15) is 34.5 Å². The summed E-state index contributed by atoms with van der Waals surface area (Å²) in [7, 11) is 0. The van der Waals surface area contributed by atoms with Gasteiger partial charge >= 0.3 is 5.97 Å². The first-order valence-corrected chi connectivity index (χ1v) is 14.2. The lowest BCUT2D eigenvalue weighted by atomic mass is 9.89. The molecule has 12 heteroatoms. The van der Waals surface area contributed by atoms with E-state index in [1.165, 1.54) is 47.5 Å². The van der Waals surface area contributed by atoms with E-state index in [1.807, 2.05) is 25.1 Å². The first-order valence-electron chi connectivity index (χ1n) is 13.8. The number of fused-ring (bicyclic) bond motifs is 1. The average Bonchev–Trinajstić information content (AvgIpc) is 2.98. The van der Waals surface area contributed by atoms with E-state index in [2.05, 4.69) is 15.5 Å². The number of carbonyl (C=O) groups excluding carboxylic acids is 2. The Morgan fingerprint density at radius 3 is 2.53 bits per heavy atom. The molecule has 3 aromatic rings. The molecule has 0 bridgehead atoms. The zero-order chi connectivity index (χ0) is 30.7. The molecular formula is C31H31ClFN5O5. The monoisotopic (exact) mass is 607 g/mol. The molecule has 1 saturated heterocycles. The maximum absolute atomic E-state index is 14.4. The highest BCUT2D eigenvalue weighted by molar-refractivity contribution is 6.31. The third-order valence-corrected chi connectivity index (χ3v) is 7.77. The zero-order valence-electron chi connectivity index (χ0n) is 23.3. The van der Waals surface area contributed by atoms with Crippen molar-refractivity contribution >= 4 is 46.4 Å². The molecule has 10 nitrogen and oxygen atoms in total. The molecule has 2 amide bonds. The molecule has 1 unspecified atom stereocenters. The maximum atomic E-state index is 14.4. The van der Waals surface area contributed by atoms with Crippen molar-refractivity contribution in [3.05, 3.63) is 100 Å². The number of anilines is 3. The SMILES string of the molecule is CCOC1CN(c2cccc3c2CCN(C(=O)/C(N)=C/Nc2cccc(Cl)c2F)C3C(=O)Nc2ccc(C(=O)O)cc2)C1. The average molecular weight is 608 g/mol. The quantitative estimate of drug-likeness (QED) is 0.263. The van der Waals surface area contributed by atoms with E-state index in [0.717, 1.165) is 24.3 Å². The van der Waals surface area contributed by atoms with Gasteiger partial charge in [-0.3, -0.25) is 9.59 Å². The Morgan fingerprint density at radius 1 is 1.12 bits per heavy atom. The Hall–Kier alpha value is -4.61. The van der Waals surface area contributed by atoms with E-state index in [0.29, 0.717) is 24.3 Å². The minimum Gasteiger partial charge on any atom is -0.478 e. The van der Waals surface area contributed by atoms with Crippen molar-refractivity contribution < 1.29 is 28.6 Å². The van der Waals surface area contributed by atoms with Gasteiger partial charge in [-0.2, -0.15) is 0 Å². The predicted molar refractivity (Wildman–Crippen MR) is 162 cm³/mol. The number of amides is 2. The summed E-state index contributed by atoms with van der Waals surface area (Å²) < 4.78 is 20.1. The van der Waals surface area contributed by atoms with Gasteiger partial charge in [0.05, 0.1) is 22.4 Å². The number of nitrogens with zero attached hydrogens (tertiary/aromatic N) is 2. The topological polar surface area (TPSA) is 137 Å². The van der Waals surface area contributed by atoms with Crippen LogP contribution in [0.5, 0.6) is 0 Å². The van der Waals surface area contributed by atoms with Gasteiger partial charge in [0.1, 0.15) is 11.7 Å². The fraction of sp³-hybridized carbons (Fsp3) is 0.258. The Balaban J connectivity index is 1.45. The molecule has 0 aromatic heterocycles. The Kier molecular flexibility index (Phi) is 8.84. The van der Waals surface area contributed by atoms with E-state index in [9.17, 15) is 23.9 Å². The summed E-state index contributed by atoms with van der Waals surface area (Å²) in [4.78, 5) is 42.4. The van der Waals surface area contributed by atoms with Gasteiger partial charge < -0.3 is 36.0 Å². The fourth-order valence-corrected chi connectivity index (χ4v) is 5.50. The lowest BCUT2D eigenvalue weighted by Gasteiger charge is -2.44. The molecule has 0 saturated carbocycles. The number of nitrogens with two attached hydrogens (primary N) is 1. The first-order chi connectivity index (χ1) is 20.7. The Morgan fingerprint density at radius 2 is 1.84 bits per heavy atom. The smallest absolute Gasteiger partial charge is 0.335 e. The molecule has 0 spiro atoms. The zero-order valence-corrected chi connectivity index (χ0v) is 24.1. The van der Waals surface area contributed by atoms with Crippen LogP contribution in [0, 0.1) is 5.82 Å². The van der Waals surface area contributed by atoms with Crippen LogP contribution < -0.4 is 21.3 Å². The minimum absolute atomic E-state index is 0.0379. The van der Waals surface area contributed by atoms with Crippen molar-refractivity contribution in [2.75, 3.05) is 41.8 Å². The third kappa shape index (κ3) is 6.27. The lowest BCUT2D eigenvalue weighted by Crippen LogP contribution is -2.53. The number of carboxylic acid groups (broad SMARTS) is 1. The molecule has 2 aliphatic heterocycles. The van der Waals surface area contributed by atoms with Gasteiger partial charge in [0.2, 0.25) is 0 Å². The standard InChI is InChI=1S/C31H31ClFN5O5/c1-2-43-20-16-37(17-20)26-8-3-5-22-21(26)13-14-38(28(22)29(39)36-19-11-9-18(10-12-19)31(41)42)30(40)24(34)15-35-25-7-4-6-23(32)27(25)33/h3-12,15,20,28,35H,2,13-14,16-17,34H2,1H3,(H,36,39)(H,41,42)/b24-15-. The second-order valence-electron chi connectivity index (χ2n) is 10.2. The van der Waals surface area contributed by atoms with Crippen molar-refractivity contribution in [3.8, 4) is 0 Å². The van der Waals surface area contributed by atoms with E-state index < -0.39 is 29.6 Å². The number of carbonyl (C=O) groups is 3. The summed E-state index contributed by atoms with van der Waals surface area (Å²) >= 11 is 5.85. The van der Waals surface area contributed by atoms with E-state index in [4.69, 9.17) is 22.1 Å². The van der Waals surface area contributed by atoms with Crippen LogP contribution in [-0.4, -0.2) is 60.1 Å². The molecule has 0 aliphatic carbocycles. The maximum Gasteiger partial charge on any atom is 0.335 e. The summed E-state index contributed by atoms with van der Waals surface area (Å²) in [5, 5.41) is 14.6. The fourth-order valence-electron chi connectivity index (χ4n) is 5.33. The molecule has 0 radical (unpaired) electrons. The lowest BCUT2D eigenvalue weighted by molar-refractivity contribution is -0.136. The number of ether oxygens (including phenoxy) is 1. The van der Waals surface area contributed by atoms with Crippen LogP contribution >= 0.6 is 11.6 Å². The van der Waals surface area contributed by atoms with Gasteiger partial charge in [0.25, 0.3) is 11.8 Å². The van der Waals surface area contributed by atoms with Crippen LogP contribution in [0.4, 0.5) is 21.5 Å². The van der Waals surface area contributed by atoms with Gasteiger partial charge in [-0.15, -0.1) is 0 Å². The second-order valence-corrected chi connectivity index (χ2v) is 10.6. The Bertz CT molecular complexity index is 1580. The van der Waals surface area contributed by atoms with Gasteiger partial charge in [0.15, 0.2) is 5.82 Å². The third-order valence-electron chi connectivity index (χ3n) is 7.48. The number of carboxylic acids is 1. The molecule has 2 heterocycles. The molecule has 3 aromatic carbocycles. The van der Waals surface area contributed by atoms with Crippen molar-refractivity contribution in [1.29, 1.82) is 0 Å². The largest absolute Gasteiger partial charge is 0.478 e. The molecule has 1 atom stereocenters. The van der Waals surface area contributed by atoms with Gasteiger partial charge in [-0.05, 0) is 66.9 Å². The van der Waals surface area contributed by atoms with Crippen molar-refractivity contribution in [2.24, 2.45) is 5.73 Å². The number of nitrogens with one attached hydrogen (secondary N) is 2. The summed E-state index contributed by atoms with van der Waals surface area (Å²) in [5.41, 5.74) is 8.99. The Labute approximate surface area is 252 Å². The number of rotatable bonds is 9. The van der Waals surface area contributed by atoms with Crippen molar-refractivity contribution in [2.45, 2.75) is 25.5 Å². The van der Waals surface area contributed by atoms with Crippen LogP contribution in [0.2, 0.25) is 5.02 Å². The number of benzene rings is 3. The van der Waals surface area contributed by atoms with Gasteiger partial charge in [0, 0.05) is 43.8 Å². The highest BCUT2D eigenvalue weighted by atomic mass is 35.5. The van der Waals surface area contributed by atoms with Crippen LogP contribution in [0.15, 0.2) is 72.6 Å². The number of hydrogen-bond acceptors (Lipinski definition) is 7. The molecular weight excluding hydrogens is 577 g/mol.